The molecule has 1 aromatic rings. The molecule has 0 spiro atoms. The van der Waals surface area contributed by atoms with Crippen molar-refractivity contribution in [2.75, 3.05) is 5.75 Å². The standard InChI is InChI=1S/C16H20S.C2H6/c1-11(2)14-6-5-12(3)16(10-14)15-7-8-17-13(4)9-15;1-2/h5-7,9-11H,8H2,1-4H3;1-2H3. The predicted molar refractivity (Wildman–Crippen MR) is 90.8 cm³/mol. The zero-order chi connectivity index (χ0) is 14.4. The van der Waals surface area contributed by atoms with Gasteiger partial charge in [-0.25, -0.2) is 0 Å². The average molecular weight is 274 g/mol. The van der Waals surface area contributed by atoms with Crippen molar-refractivity contribution in [3.8, 4) is 0 Å². The zero-order valence-electron chi connectivity index (χ0n) is 13.1. The lowest BCUT2D eigenvalue weighted by Gasteiger charge is -2.15. The van der Waals surface area contributed by atoms with E-state index in [2.05, 4.69) is 58.0 Å². The van der Waals surface area contributed by atoms with E-state index < -0.39 is 0 Å². The average Bonchev–Trinajstić information content (AvgIpc) is 2.41. The van der Waals surface area contributed by atoms with Gasteiger partial charge in [0, 0.05) is 5.75 Å². The molecule has 1 aliphatic heterocycles. The van der Waals surface area contributed by atoms with Crippen LogP contribution in [0.1, 0.15) is 57.2 Å². The summed E-state index contributed by atoms with van der Waals surface area (Å²) in [6.45, 7) is 12.9. The maximum absolute atomic E-state index is 2.35. The van der Waals surface area contributed by atoms with E-state index in [-0.39, 0.29) is 0 Å². The number of hydrogen-bond acceptors (Lipinski definition) is 1. The van der Waals surface area contributed by atoms with E-state index >= 15 is 0 Å². The highest BCUT2D eigenvalue weighted by Crippen LogP contribution is 2.31. The molecule has 0 bridgehead atoms. The van der Waals surface area contributed by atoms with Crippen molar-refractivity contribution in [1.29, 1.82) is 0 Å². The summed E-state index contributed by atoms with van der Waals surface area (Å²) in [4.78, 5) is 1.41. The summed E-state index contributed by atoms with van der Waals surface area (Å²) in [7, 11) is 0. The highest BCUT2D eigenvalue weighted by molar-refractivity contribution is 8.03. The molecule has 19 heavy (non-hydrogen) atoms. The molecule has 0 atom stereocenters. The van der Waals surface area contributed by atoms with Crippen LogP contribution in [-0.4, -0.2) is 5.75 Å². The molecule has 104 valence electrons. The van der Waals surface area contributed by atoms with Crippen molar-refractivity contribution in [2.45, 2.75) is 47.5 Å². The van der Waals surface area contributed by atoms with Crippen LogP contribution in [-0.2, 0) is 0 Å². The number of aryl methyl sites for hydroxylation is 1. The van der Waals surface area contributed by atoms with Gasteiger partial charge in [0.2, 0.25) is 0 Å². The summed E-state index contributed by atoms with van der Waals surface area (Å²) >= 11 is 1.92. The van der Waals surface area contributed by atoms with Crippen molar-refractivity contribution in [3.63, 3.8) is 0 Å². The third-order valence-electron chi connectivity index (χ3n) is 3.21. The first-order chi connectivity index (χ1) is 9.08. The SMILES string of the molecule is CC.CC1=CC(c2cc(C(C)C)ccc2C)=CCS1. The minimum atomic E-state index is 0.595. The van der Waals surface area contributed by atoms with Gasteiger partial charge in [-0.15, -0.1) is 11.8 Å². The number of benzene rings is 1. The Balaban J connectivity index is 0.000000861. The topological polar surface area (TPSA) is 0 Å². The van der Waals surface area contributed by atoms with Crippen LogP contribution in [0.3, 0.4) is 0 Å². The molecule has 0 radical (unpaired) electrons. The van der Waals surface area contributed by atoms with E-state index in [4.69, 9.17) is 0 Å². The summed E-state index contributed by atoms with van der Waals surface area (Å²) in [6.07, 6.45) is 4.64. The lowest BCUT2D eigenvalue weighted by molar-refractivity contribution is 0.865. The van der Waals surface area contributed by atoms with E-state index in [1.165, 1.54) is 27.2 Å². The zero-order valence-corrected chi connectivity index (χ0v) is 13.9. The van der Waals surface area contributed by atoms with Gasteiger partial charge < -0.3 is 0 Å². The van der Waals surface area contributed by atoms with E-state index in [0.717, 1.165) is 5.75 Å². The molecule has 0 amide bonds. The highest BCUT2D eigenvalue weighted by Gasteiger charge is 2.09. The molecule has 1 aromatic carbocycles. The van der Waals surface area contributed by atoms with Crippen LogP contribution in [0.25, 0.3) is 5.57 Å². The van der Waals surface area contributed by atoms with Gasteiger partial charge in [-0.3, -0.25) is 0 Å². The van der Waals surface area contributed by atoms with Crippen LogP contribution in [0, 0.1) is 6.92 Å². The molecule has 0 unspecified atom stereocenters. The van der Waals surface area contributed by atoms with Gasteiger partial charge in [0.05, 0.1) is 0 Å². The predicted octanol–water partition coefficient (Wildman–Crippen LogP) is 6.18. The molecule has 0 aliphatic carbocycles. The third kappa shape index (κ3) is 4.28. The number of hydrogen-bond donors (Lipinski definition) is 0. The van der Waals surface area contributed by atoms with Gasteiger partial charge in [-0.05, 0) is 53.0 Å². The molecule has 0 N–H and O–H groups in total. The lowest BCUT2D eigenvalue weighted by atomic mass is 9.93. The third-order valence-corrected chi connectivity index (χ3v) is 4.12. The largest absolute Gasteiger partial charge is 0.127 e. The van der Waals surface area contributed by atoms with Crippen LogP contribution < -0.4 is 0 Å². The Morgan fingerprint density at radius 1 is 1.11 bits per heavy atom. The molecule has 0 nitrogen and oxygen atoms in total. The molecular weight excluding hydrogens is 248 g/mol. The van der Waals surface area contributed by atoms with Gasteiger partial charge >= 0.3 is 0 Å². The van der Waals surface area contributed by atoms with Gasteiger partial charge in [-0.1, -0.05) is 52.0 Å². The minimum absolute atomic E-state index is 0.595. The quantitative estimate of drug-likeness (QED) is 0.620. The molecule has 1 aliphatic rings. The highest BCUT2D eigenvalue weighted by atomic mass is 32.2. The molecule has 2 rings (SSSR count). The molecule has 0 saturated carbocycles. The monoisotopic (exact) mass is 274 g/mol. The second-order valence-corrected chi connectivity index (χ2v) is 6.22. The second-order valence-electron chi connectivity index (χ2n) is 4.95. The molecule has 0 saturated heterocycles. The van der Waals surface area contributed by atoms with E-state index in [9.17, 15) is 0 Å². The van der Waals surface area contributed by atoms with Gasteiger partial charge in [0.1, 0.15) is 0 Å². The number of allylic oxidation sites excluding steroid dienone is 3. The molecule has 0 fully saturated rings. The summed E-state index contributed by atoms with van der Waals surface area (Å²) in [5.41, 5.74) is 5.59. The maximum atomic E-state index is 2.35. The van der Waals surface area contributed by atoms with Crippen LogP contribution in [0.15, 0.2) is 35.3 Å². The normalized spacial score (nSPS) is 14.5. The van der Waals surface area contributed by atoms with Gasteiger partial charge in [0.25, 0.3) is 0 Å². The Morgan fingerprint density at radius 3 is 2.37 bits per heavy atom. The van der Waals surface area contributed by atoms with Crippen molar-refractivity contribution in [2.24, 2.45) is 0 Å². The fraction of sp³-hybridized carbons (Fsp3) is 0.444. The fourth-order valence-corrected chi connectivity index (χ4v) is 2.82. The van der Waals surface area contributed by atoms with Crippen molar-refractivity contribution in [1.82, 2.24) is 0 Å². The summed E-state index contributed by atoms with van der Waals surface area (Å²) in [6, 6.07) is 6.85. The minimum Gasteiger partial charge on any atom is -0.127 e. The number of thioether (sulfide) groups is 1. The fourth-order valence-electron chi connectivity index (χ4n) is 2.08. The van der Waals surface area contributed by atoms with Gasteiger partial charge in [-0.2, -0.15) is 0 Å². The first-order valence-corrected chi connectivity index (χ1v) is 8.18. The Bertz CT molecular complexity index is 478. The Kier molecular flexibility index (Phi) is 6.44. The second kappa shape index (κ2) is 7.59. The van der Waals surface area contributed by atoms with E-state index in [1.54, 1.807) is 0 Å². The summed E-state index contributed by atoms with van der Waals surface area (Å²) in [5, 5.41) is 0. The van der Waals surface area contributed by atoms with Crippen LogP contribution in [0.4, 0.5) is 0 Å². The van der Waals surface area contributed by atoms with Gasteiger partial charge in [0.15, 0.2) is 0 Å². The summed E-state index contributed by atoms with van der Waals surface area (Å²) < 4.78 is 0. The molecular formula is C18H26S. The Morgan fingerprint density at radius 2 is 1.79 bits per heavy atom. The van der Waals surface area contributed by atoms with E-state index in [1.807, 2.05) is 25.6 Å². The maximum Gasteiger partial charge on any atom is 0.0166 e. The smallest absolute Gasteiger partial charge is 0.0166 e. The Hall–Kier alpha value is -0.950. The van der Waals surface area contributed by atoms with Crippen molar-refractivity contribution >= 4 is 17.3 Å². The van der Waals surface area contributed by atoms with Crippen LogP contribution >= 0.6 is 11.8 Å². The molecule has 0 aromatic heterocycles. The first kappa shape index (κ1) is 16.1. The lowest BCUT2D eigenvalue weighted by Crippen LogP contribution is -1.95. The van der Waals surface area contributed by atoms with Crippen molar-refractivity contribution < 1.29 is 0 Å². The Labute approximate surface area is 123 Å². The molecule has 1 heterocycles. The first-order valence-electron chi connectivity index (χ1n) is 7.20. The van der Waals surface area contributed by atoms with Crippen molar-refractivity contribution in [3.05, 3.63) is 51.9 Å². The van der Waals surface area contributed by atoms with E-state index in [0.29, 0.717) is 5.92 Å². The van der Waals surface area contributed by atoms with Crippen LogP contribution in [0.5, 0.6) is 0 Å². The molecule has 1 heteroatoms. The number of rotatable bonds is 2. The summed E-state index contributed by atoms with van der Waals surface area (Å²) in [5.74, 6) is 1.70. The van der Waals surface area contributed by atoms with Crippen LogP contribution in [0.2, 0.25) is 0 Å².